The Morgan fingerprint density at radius 2 is 2.25 bits per heavy atom. The molecule has 0 aromatic carbocycles. The Labute approximate surface area is 82.1 Å². The quantitative estimate of drug-likeness (QED) is 0.756. The summed E-state index contributed by atoms with van der Waals surface area (Å²) in [6.45, 7) is 2.36. The average Bonchev–Trinajstić information content (AvgIpc) is 2.54. The Kier molecular flexibility index (Phi) is 2.92. The second-order valence-corrected chi connectivity index (χ2v) is 9.74. The maximum atomic E-state index is 4.80. The van der Waals surface area contributed by atoms with E-state index in [-0.39, 0.29) is 0 Å². The van der Waals surface area contributed by atoms with Crippen LogP contribution in [0.3, 0.4) is 0 Å². The average molecular weight is 266 g/mol. The zero-order valence-electron chi connectivity index (χ0n) is 7.59. The van der Waals surface area contributed by atoms with E-state index < -0.39 is 21.7 Å². The molecule has 1 saturated heterocycles. The molecule has 2 aliphatic rings. The molecule has 0 radical (unpaired) electrons. The van der Waals surface area contributed by atoms with Gasteiger partial charge in [0.1, 0.15) is 0 Å². The molecule has 2 nitrogen and oxygen atoms in total. The predicted octanol–water partition coefficient (Wildman–Crippen LogP) is 1.16. The summed E-state index contributed by atoms with van der Waals surface area (Å²) in [7, 11) is 0. The van der Waals surface area contributed by atoms with Crippen molar-refractivity contribution in [2.24, 2.45) is 8.90 Å². The summed E-state index contributed by atoms with van der Waals surface area (Å²) in [5.74, 6) is 0.782. The summed E-state index contributed by atoms with van der Waals surface area (Å²) in [5.41, 5.74) is 1.43. The Balaban J connectivity index is 1.99. The van der Waals surface area contributed by atoms with Crippen molar-refractivity contribution in [2.45, 2.75) is 17.5 Å². The molecular formula is C9H15InN2. The summed E-state index contributed by atoms with van der Waals surface area (Å²) in [5, 5.41) is 3.39. The van der Waals surface area contributed by atoms with E-state index in [1.165, 1.54) is 31.6 Å². The van der Waals surface area contributed by atoms with Gasteiger partial charge in [0.15, 0.2) is 0 Å². The van der Waals surface area contributed by atoms with Crippen LogP contribution in [0.2, 0.25) is 4.68 Å². The van der Waals surface area contributed by atoms with Crippen molar-refractivity contribution in [1.82, 2.24) is 5.32 Å². The number of allylic oxidation sites excluding steroid dienone is 1. The van der Waals surface area contributed by atoms with Crippen molar-refractivity contribution in [3.8, 4) is 0 Å². The molecule has 1 fully saturated rings. The molecule has 0 unspecified atom stereocenters. The normalized spacial score (nSPS) is 24.8. The van der Waals surface area contributed by atoms with Crippen molar-refractivity contribution in [3.63, 3.8) is 0 Å². The maximum absolute atomic E-state index is 4.80. The van der Waals surface area contributed by atoms with Gasteiger partial charge in [-0.05, 0) is 0 Å². The zero-order valence-corrected chi connectivity index (χ0v) is 10.9. The van der Waals surface area contributed by atoms with E-state index in [0.29, 0.717) is 0 Å². The van der Waals surface area contributed by atoms with E-state index in [2.05, 4.69) is 19.9 Å². The van der Waals surface area contributed by atoms with Gasteiger partial charge in [0.2, 0.25) is 0 Å². The van der Waals surface area contributed by atoms with Crippen LogP contribution in [-0.2, 0) is 0 Å². The van der Waals surface area contributed by atoms with E-state index in [4.69, 9.17) is 2.98 Å². The number of nitrogens with zero attached hydrogens (tertiary/aromatic N) is 1. The number of rotatable bonds is 1. The third kappa shape index (κ3) is 1.94. The third-order valence-electron chi connectivity index (χ3n) is 2.66. The van der Waals surface area contributed by atoms with Gasteiger partial charge in [0.25, 0.3) is 0 Å². The number of nitrogens with one attached hydrogen (secondary N) is 1. The first-order valence-corrected chi connectivity index (χ1v) is 11.5. The first-order chi connectivity index (χ1) is 5.86. The van der Waals surface area contributed by atoms with Crippen LogP contribution >= 0.6 is 0 Å². The van der Waals surface area contributed by atoms with Crippen molar-refractivity contribution >= 4 is 27.4 Å². The van der Waals surface area contributed by atoms with Gasteiger partial charge in [-0.25, -0.2) is 0 Å². The molecular weight excluding hydrogens is 251 g/mol. The second-order valence-electron chi connectivity index (χ2n) is 3.68. The zero-order chi connectivity index (χ0) is 8.39. The fourth-order valence-electron chi connectivity index (χ4n) is 1.92. The Morgan fingerprint density at radius 1 is 1.50 bits per heavy atom. The van der Waals surface area contributed by atoms with Crippen LogP contribution in [-0.4, -0.2) is 40.5 Å². The van der Waals surface area contributed by atoms with E-state index in [1.54, 1.807) is 0 Å². The molecule has 2 rings (SSSR count). The van der Waals surface area contributed by atoms with Crippen LogP contribution in [0.4, 0.5) is 0 Å². The Hall–Kier alpha value is 0.240. The topological polar surface area (TPSA) is 24.4 Å². The standard InChI is InChI=1S/C8H12N2.CH3.In/c1-2-8(9)7-3-5-10-6-4-7;;/h1-2,7,10H,3-6H2;1H3;/q-1;;+1. The molecule has 1 N–H and O–H groups in total. The van der Waals surface area contributed by atoms with Gasteiger partial charge in [0, 0.05) is 0 Å². The van der Waals surface area contributed by atoms with Crippen molar-refractivity contribution in [3.05, 3.63) is 9.91 Å². The van der Waals surface area contributed by atoms with Crippen LogP contribution in [0, 0.1) is 5.92 Å². The molecule has 0 bridgehead atoms. The Morgan fingerprint density at radius 3 is 2.83 bits per heavy atom. The van der Waals surface area contributed by atoms with E-state index in [0.717, 1.165) is 5.92 Å². The summed E-state index contributed by atoms with van der Waals surface area (Å²) in [6.07, 6.45) is 4.89. The predicted molar refractivity (Wildman–Crippen MR) is 53.8 cm³/mol. The molecule has 0 aromatic heterocycles. The SMILES string of the molecule is [CH3][In]1[CH]=CC(C2CCNCC2)=[N]1. The molecule has 3 heteroatoms. The van der Waals surface area contributed by atoms with E-state index in [1.807, 2.05) is 0 Å². The van der Waals surface area contributed by atoms with Gasteiger partial charge < -0.3 is 0 Å². The molecule has 0 aliphatic carbocycles. The van der Waals surface area contributed by atoms with Crippen molar-refractivity contribution in [1.29, 1.82) is 0 Å². The fourth-order valence-corrected chi connectivity index (χ4v) is 5.71. The first kappa shape index (κ1) is 8.82. The number of hydrogen-bond acceptors (Lipinski definition) is 2. The third-order valence-corrected chi connectivity index (χ3v) is 6.81. The number of piperidine rings is 1. The van der Waals surface area contributed by atoms with Crippen LogP contribution in [0.5, 0.6) is 0 Å². The van der Waals surface area contributed by atoms with Crippen LogP contribution in [0.1, 0.15) is 12.8 Å². The summed E-state index contributed by atoms with van der Waals surface area (Å²) < 4.78 is 9.56. The molecule has 0 saturated carbocycles. The van der Waals surface area contributed by atoms with Gasteiger partial charge in [-0.3, -0.25) is 0 Å². The van der Waals surface area contributed by atoms with Gasteiger partial charge >= 0.3 is 82.2 Å². The van der Waals surface area contributed by atoms with Gasteiger partial charge in [0.05, 0.1) is 0 Å². The summed E-state index contributed by atoms with van der Waals surface area (Å²) in [4.78, 5) is 0. The summed E-state index contributed by atoms with van der Waals surface area (Å²) in [6, 6.07) is 0. The molecule has 0 aromatic rings. The Bertz CT molecular complexity index is 217. The van der Waals surface area contributed by atoms with E-state index >= 15 is 0 Å². The summed E-state index contributed by atoms with van der Waals surface area (Å²) >= 11 is -1.41. The van der Waals surface area contributed by atoms with Crippen molar-refractivity contribution < 1.29 is 0 Å². The van der Waals surface area contributed by atoms with Crippen molar-refractivity contribution in [2.75, 3.05) is 13.1 Å². The molecule has 12 heavy (non-hydrogen) atoms. The van der Waals surface area contributed by atoms with Crippen LogP contribution < -0.4 is 5.32 Å². The molecule has 2 aliphatic heterocycles. The molecule has 0 spiro atoms. The van der Waals surface area contributed by atoms with Crippen LogP contribution in [0.15, 0.2) is 12.9 Å². The van der Waals surface area contributed by atoms with Gasteiger partial charge in [-0.1, -0.05) is 0 Å². The molecule has 64 valence electrons. The van der Waals surface area contributed by atoms with Gasteiger partial charge in [-0.2, -0.15) is 0 Å². The fraction of sp³-hybridized carbons (Fsp3) is 0.667. The van der Waals surface area contributed by atoms with E-state index in [9.17, 15) is 0 Å². The number of hydrogen-bond donors (Lipinski definition) is 1. The minimum atomic E-state index is -1.41. The second kappa shape index (κ2) is 3.97. The first-order valence-electron chi connectivity index (χ1n) is 4.83. The molecule has 0 amide bonds. The van der Waals surface area contributed by atoms with Crippen LogP contribution in [0.25, 0.3) is 0 Å². The monoisotopic (exact) mass is 266 g/mol. The molecule has 2 heterocycles. The van der Waals surface area contributed by atoms with Gasteiger partial charge in [-0.15, -0.1) is 0 Å². The minimum absolute atomic E-state index is 0.782. The molecule has 0 atom stereocenters.